The van der Waals surface area contributed by atoms with Crippen molar-refractivity contribution in [1.82, 2.24) is 9.38 Å². The fourth-order valence-electron chi connectivity index (χ4n) is 8.08. The van der Waals surface area contributed by atoms with Gasteiger partial charge in [-0.15, -0.1) is 0 Å². The fourth-order valence-corrected chi connectivity index (χ4v) is 8.08. The number of anilines is 1. The third-order valence-corrected chi connectivity index (χ3v) is 11.7. The Labute approximate surface area is 374 Å². The van der Waals surface area contributed by atoms with E-state index < -0.39 is 34.9 Å². The number of piperidine rings is 1. The van der Waals surface area contributed by atoms with Gasteiger partial charge < -0.3 is 33.7 Å². The monoisotopic (exact) mass is 875 g/mol. The summed E-state index contributed by atoms with van der Waals surface area (Å²) in [7, 11) is 0. The summed E-state index contributed by atoms with van der Waals surface area (Å²) in [6, 6.07) is 29.2. The van der Waals surface area contributed by atoms with Crippen LogP contribution in [0.3, 0.4) is 0 Å². The number of aryl methyl sites for hydroxylation is 1. The molecule has 6 aromatic rings. The van der Waals surface area contributed by atoms with Gasteiger partial charge in [-0.25, -0.2) is 18.6 Å². The van der Waals surface area contributed by atoms with Crippen LogP contribution in [-0.2, 0) is 37.0 Å². The van der Waals surface area contributed by atoms with E-state index in [0.717, 1.165) is 39.9 Å². The molecule has 3 heterocycles. The first kappa shape index (κ1) is 46.3. The molecule has 10 nitrogen and oxygen atoms in total. The van der Waals surface area contributed by atoms with E-state index in [-0.39, 0.29) is 18.5 Å². The van der Waals surface area contributed by atoms with Gasteiger partial charge in [0.05, 0.1) is 49.4 Å². The standard InChI is InChI=1S/C52H59F2N3O7/c1-34(61-32-37-15-10-8-11-16-37)31-60-25-26-63-52(7)21-23-56(24-22-52)49-46(47(50(58)59)64-51(4,5)6)35(2)36(3)48-55-44(30-57(48)49)40-20-14-19-39(27-40)41-28-42(53)43(54)29-45(41)62-33-38-17-12-9-13-18-38/h8-20,27-30,34,47H,21-26,31-33H2,1-7H3,(H,58,59)/t34-,47+/m1/s1. The Morgan fingerprint density at radius 2 is 1.48 bits per heavy atom. The maximum absolute atomic E-state index is 14.9. The number of halogens is 2. The second-order valence-electron chi connectivity index (χ2n) is 17.8. The van der Waals surface area contributed by atoms with Crippen LogP contribution < -0.4 is 9.64 Å². The highest BCUT2D eigenvalue weighted by Crippen LogP contribution is 2.42. The number of aromatic nitrogens is 2. The maximum Gasteiger partial charge on any atom is 0.337 e. The molecule has 0 saturated carbocycles. The number of pyridine rings is 1. The molecule has 0 aliphatic carbocycles. The van der Waals surface area contributed by atoms with E-state index in [1.54, 1.807) is 0 Å². The smallest absolute Gasteiger partial charge is 0.337 e. The molecule has 2 aromatic heterocycles. The Balaban J connectivity index is 1.15. The molecule has 0 unspecified atom stereocenters. The predicted molar refractivity (Wildman–Crippen MR) is 245 cm³/mol. The van der Waals surface area contributed by atoms with Crippen molar-refractivity contribution in [2.75, 3.05) is 37.8 Å². The van der Waals surface area contributed by atoms with Crippen molar-refractivity contribution in [1.29, 1.82) is 0 Å². The van der Waals surface area contributed by atoms with E-state index in [0.29, 0.717) is 86.2 Å². The first-order valence-corrected chi connectivity index (χ1v) is 21.9. The van der Waals surface area contributed by atoms with Gasteiger partial charge in [0, 0.05) is 42.0 Å². The highest BCUT2D eigenvalue weighted by Gasteiger charge is 2.38. The zero-order valence-corrected chi connectivity index (χ0v) is 37.8. The van der Waals surface area contributed by atoms with Gasteiger partial charge in [-0.05, 0) is 101 Å². The van der Waals surface area contributed by atoms with Gasteiger partial charge in [0.1, 0.15) is 23.8 Å². The molecule has 1 aliphatic heterocycles. The van der Waals surface area contributed by atoms with E-state index >= 15 is 0 Å². The number of benzene rings is 4. The van der Waals surface area contributed by atoms with Crippen molar-refractivity contribution in [3.8, 4) is 28.1 Å². The molecular formula is C52H59F2N3O7. The van der Waals surface area contributed by atoms with Gasteiger partial charge >= 0.3 is 5.97 Å². The van der Waals surface area contributed by atoms with Gasteiger partial charge in [-0.2, -0.15) is 0 Å². The summed E-state index contributed by atoms with van der Waals surface area (Å²) in [5.74, 6) is -2.18. The van der Waals surface area contributed by atoms with Crippen molar-refractivity contribution in [3.05, 3.63) is 143 Å². The number of hydrogen-bond acceptors (Lipinski definition) is 8. The predicted octanol–water partition coefficient (Wildman–Crippen LogP) is 11.1. The highest BCUT2D eigenvalue weighted by atomic mass is 19.2. The lowest BCUT2D eigenvalue weighted by molar-refractivity contribution is -0.160. The molecule has 0 amide bonds. The molecule has 0 radical (unpaired) electrons. The second kappa shape index (κ2) is 20.0. The number of ether oxygens (including phenoxy) is 5. The summed E-state index contributed by atoms with van der Waals surface area (Å²) in [4.78, 5) is 20.5. The molecule has 0 spiro atoms. The maximum atomic E-state index is 14.9. The molecule has 1 fully saturated rings. The lowest BCUT2D eigenvalue weighted by Crippen LogP contribution is -2.46. The third kappa shape index (κ3) is 11.2. The quantitative estimate of drug-likeness (QED) is 0.0845. The Morgan fingerprint density at radius 3 is 2.14 bits per heavy atom. The second-order valence-corrected chi connectivity index (χ2v) is 17.8. The van der Waals surface area contributed by atoms with Crippen molar-refractivity contribution < 1.29 is 42.4 Å². The molecule has 1 saturated heterocycles. The van der Waals surface area contributed by atoms with E-state index in [4.69, 9.17) is 28.7 Å². The number of nitrogens with zero attached hydrogens (tertiary/aromatic N) is 3. The zero-order valence-electron chi connectivity index (χ0n) is 37.8. The van der Waals surface area contributed by atoms with Crippen LogP contribution in [0.15, 0.2) is 103 Å². The number of carboxylic acid groups (broad SMARTS) is 1. The summed E-state index contributed by atoms with van der Waals surface area (Å²) in [6.45, 7) is 16.7. The van der Waals surface area contributed by atoms with E-state index in [1.165, 1.54) is 0 Å². The van der Waals surface area contributed by atoms with E-state index in [1.807, 2.05) is 137 Å². The minimum Gasteiger partial charge on any atom is -0.488 e. The number of fused-ring (bicyclic) bond motifs is 1. The topological polar surface area (TPSA) is 104 Å². The first-order valence-electron chi connectivity index (χ1n) is 21.9. The number of aliphatic carboxylic acids is 1. The van der Waals surface area contributed by atoms with Gasteiger partial charge in [0.25, 0.3) is 0 Å². The zero-order chi connectivity index (χ0) is 45.6. The number of hydrogen-bond donors (Lipinski definition) is 1. The molecule has 1 aliphatic rings. The Kier molecular flexibility index (Phi) is 14.5. The number of carbonyl (C=O) groups is 1. The summed E-state index contributed by atoms with van der Waals surface area (Å²) in [5.41, 5.74) is 5.98. The van der Waals surface area contributed by atoms with Crippen LogP contribution in [0.2, 0.25) is 0 Å². The number of rotatable bonds is 18. The summed E-state index contributed by atoms with van der Waals surface area (Å²) in [6.07, 6.45) is 1.95. The van der Waals surface area contributed by atoms with Crippen molar-refractivity contribution in [2.24, 2.45) is 0 Å². The van der Waals surface area contributed by atoms with Gasteiger partial charge in [-0.3, -0.25) is 4.40 Å². The average molecular weight is 876 g/mol. The Morgan fingerprint density at radius 1 is 0.844 bits per heavy atom. The summed E-state index contributed by atoms with van der Waals surface area (Å²) >= 11 is 0. The molecule has 0 bridgehead atoms. The van der Waals surface area contributed by atoms with E-state index in [2.05, 4.69) is 11.8 Å². The number of imidazole rings is 1. The first-order chi connectivity index (χ1) is 30.6. The summed E-state index contributed by atoms with van der Waals surface area (Å²) in [5, 5.41) is 10.8. The molecule has 2 atom stereocenters. The molecule has 7 rings (SSSR count). The Bertz CT molecular complexity index is 2530. The molecule has 64 heavy (non-hydrogen) atoms. The lowest BCUT2D eigenvalue weighted by atomic mass is 9.92. The Hall–Kier alpha value is -5.66. The van der Waals surface area contributed by atoms with Gasteiger partial charge in [-0.1, -0.05) is 78.9 Å². The molecular weight excluding hydrogens is 817 g/mol. The van der Waals surface area contributed by atoms with Crippen molar-refractivity contribution in [3.63, 3.8) is 0 Å². The highest BCUT2D eigenvalue weighted by molar-refractivity contribution is 5.81. The van der Waals surface area contributed by atoms with Crippen molar-refractivity contribution in [2.45, 2.75) is 97.9 Å². The number of carboxylic acids is 1. The largest absolute Gasteiger partial charge is 0.488 e. The SMILES string of the molecule is Cc1c([C@H](OC(C)(C)C)C(=O)O)c(N2CCC(C)(OCCOC[C@@H](C)OCc3ccccc3)CC2)n2cc(-c3cccc(-c4cc(F)c(F)cc4OCc4ccccc4)c3)nc2c1C. The molecule has 1 N–H and O–H groups in total. The van der Waals surface area contributed by atoms with Crippen molar-refractivity contribution >= 4 is 17.4 Å². The van der Waals surface area contributed by atoms with E-state index in [9.17, 15) is 18.7 Å². The van der Waals surface area contributed by atoms with Crippen LogP contribution in [0.5, 0.6) is 5.75 Å². The summed E-state index contributed by atoms with van der Waals surface area (Å²) < 4.78 is 62.2. The molecule has 12 heteroatoms. The van der Waals surface area contributed by atoms with Crippen LogP contribution in [0.25, 0.3) is 28.0 Å². The minimum atomic E-state index is -1.27. The lowest BCUT2D eigenvalue weighted by Gasteiger charge is -2.42. The van der Waals surface area contributed by atoms with Crippen LogP contribution in [-0.4, -0.2) is 70.7 Å². The molecule has 338 valence electrons. The van der Waals surface area contributed by atoms with Gasteiger partial charge in [0.2, 0.25) is 0 Å². The molecule has 4 aromatic carbocycles. The third-order valence-electron chi connectivity index (χ3n) is 11.7. The minimum absolute atomic E-state index is 0.0652. The normalized spacial score (nSPS) is 15.0. The van der Waals surface area contributed by atoms with Crippen LogP contribution in [0.4, 0.5) is 14.6 Å². The van der Waals surface area contributed by atoms with Crippen LogP contribution in [0.1, 0.15) is 81.4 Å². The van der Waals surface area contributed by atoms with Crippen LogP contribution >= 0.6 is 0 Å². The fraction of sp³-hybridized carbons (Fsp3) is 0.385. The average Bonchev–Trinajstić information content (AvgIpc) is 3.73. The van der Waals surface area contributed by atoms with Gasteiger partial charge in [0.15, 0.2) is 17.7 Å². The van der Waals surface area contributed by atoms with Crippen LogP contribution in [0, 0.1) is 25.5 Å².